The van der Waals surface area contributed by atoms with Gasteiger partial charge in [-0.05, 0) is 6.42 Å². The van der Waals surface area contributed by atoms with Crippen LogP contribution in [0.2, 0.25) is 0 Å². The second-order valence-electron chi connectivity index (χ2n) is 4.02. The van der Waals surface area contributed by atoms with E-state index in [9.17, 15) is 14.4 Å². The highest BCUT2D eigenvalue weighted by molar-refractivity contribution is 5.80. The molecule has 1 aromatic heterocycles. The van der Waals surface area contributed by atoms with Crippen LogP contribution in [0.15, 0.2) is 15.8 Å². The third-order valence-corrected chi connectivity index (χ3v) is 2.44. The molecule has 1 rings (SSSR count). The lowest BCUT2D eigenvalue weighted by Gasteiger charge is -2.07. The van der Waals surface area contributed by atoms with Gasteiger partial charge in [-0.3, -0.25) is 19.1 Å². The number of aryl methyl sites for hydroxylation is 1. The van der Waals surface area contributed by atoms with E-state index in [1.54, 1.807) is 13.8 Å². The van der Waals surface area contributed by atoms with Crippen molar-refractivity contribution in [3.63, 3.8) is 0 Å². The third-order valence-electron chi connectivity index (χ3n) is 2.44. The number of hydrogen-bond acceptors (Lipinski definition) is 3. The number of carbonyl (C=O) groups excluding carboxylic acids is 1. The van der Waals surface area contributed by atoms with Crippen molar-refractivity contribution in [2.45, 2.75) is 33.7 Å². The summed E-state index contributed by atoms with van der Waals surface area (Å²) in [5.74, 6) is -0.153. The number of ketones is 1. The monoisotopic (exact) mass is 224 g/mol. The zero-order valence-corrected chi connectivity index (χ0v) is 9.74. The second-order valence-corrected chi connectivity index (χ2v) is 4.02. The molecule has 1 N–H and O–H groups in total. The molecule has 88 valence electrons. The van der Waals surface area contributed by atoms with Gasteiger partial charge in [0.05, 0.1) is 6.54 Å². The van der Waals surface area contributed by atoms with Gasteiger partial charge in [0.1, 0.15) is 0 Å². The summed E-state index contributed by atoms with van der Waals surface area (Å²) in [6, 6.07) is 0. The van der Waals surface area contributed by atoms with Crippen LogP contribution in [-0.2, 0) is 17.8 Å². The number of nitrogens with one attached hydrogen (secondary N) is 1. The van der Waals surface area contributed by atoms with E-state index in [0.717, 1.165) is 0 Å². The van der Waals surface area contributed by atoms with Crippen LogP contribution < -0.4 is 11.2 Å². The Labute approximate surface area is 93.1 Å². The minimum absolute atomic E-state index is 0.0142. The van der Waals surface area contributed by atoms with Crippen LogP contribution in [0.4, 0.5) is 0 Å². The summed E-state index contributed by atoms with van der Waals surface area (Å²) in [5.41, 5.74) is -0.395. The molecule has 5 heteroatoms. The molecule has 16 heavy (non-hydrogen) atoms. The largest absolute Gasteiger partial charge is 0.328 e. The third kappa shape index (κ3) is 2.68. The maximum Gasteiger partial charge on any atom is 0.328 e. The zero-order valence-electron chi connectivity index (χ0n) is 9.74. The molecule has 1 aromatic rings. The van der Waals surface area contributed by atoms with Crippen molar-refractivity contribution in [1.82, 2.24) is 9.55 Å². The maximum absolute atomic E-state index is 11.5. The predicted octanol–water partition coefficient (Wildman–Crippen LogP) is 0.324. The van der Waals surface area contributed by atoms with Crippen molar-refractivity contribution in [3.05, 3.63) is 32.6 Å². The van der Waals surface area contributed by atoms with Gasteiger partial charge in [0, 0.05) is 17.7 Å². The molecule has 0 aliphatic heterocycles. The number of Topliss-reactive ketones (excluding diaryl/α,β-unsaturated/α-hetero) is 1. The fourth-order valence-electron chi connectivity index (χ4n) is 1.27. The SMILES string of the molecule is CCc1cn(CC(=O)C(C)C)c(=O)[nH]c1=O. The number of rotatable bonds is 4. The van der Waals surface area contributed by atoms with Crippen molar-refractivity contribution >= 4 is 5.78 Å². The Hall–Kier alpha value is -1.65. The number of H-pyrrole nitrogens is 1. The van der Waals surface area contributed by atoms with Gasteiger partial charge in [-0.15, -0.1) is 0 Å². The predicted molar refractivity (Wildman–Crippen MR) is 60.5 cm³/mol. The van der Waals surface area contributed by atoms with E-state index in [1.807, 2.05) is 6.92 Å². The van der Waals surface area contributed by atoms with Gasteiger partial charge >= 0.3 is 5.69 Å². The number of nitrogens with zero attached hydrogens (tertiary/aromatic N) is 1. The van der Waals surface area contributed by atoms with Crippen LogP contribution in [0.3, 0.4) is 0 Å². The van der Waals surface area contributed by atoms with Crippen molar-refractivity contribution in [2.24, 2.45) is 5.92 Å². The normalized spacial score (nSPS) is 10.8. The average Bonchev–Trinajstić information content (AvgIpc) is 2.21. The van der Waals surface area contributed by atoms with Gasteiger partial charge in [-0.2, -0.15) is 0 Å². The van der Waals surface area contributed by atoms with Gasteiger partial charge < -0.3 is 0 Å². The maximum atomic E-state index is 11.5. The number of aromatic nitrogens is 2. The van der Waals surface area contributed by atoms with E-state index in [1.165, 1.54) is 10.8 Å². The van der Waals surface area contributed by atoms with Crippen LogP contribution in [0.1, 0.15) is 26.3 Å². The molecule has 0 aromatic carbocycles. The molecule has 0 saturated heterocycles. The molecule has 0 saturated carbocycles. The minimum Gasteiger partial charge on any atom is -0.297 e. The molecule has 0 bridgehead atoms. The molecule has 0 aliphatic carbocycles. The van der Waals surface area contributed by atoms with Gasteiger partial charge in [0.25, 0.3) is 5.56 Å². The van der Waals surface area contributed by atoms with E-state index in [2.05, 4.69) is 4.98 Å². The first kappa shape index (κ1) is 12.4. The van der Waals surface area contributed by atoms with Crippen molar-refractivity contribution in [3.8, 4) is 0 Å². The van der Waals surface area contributed by atoms with E-state index < -0.39 is 5.69 Å². The molecule has 0 spiro atoms. The van der Waals surface area contributed by atoms with E-state index >= 15 is 0 Å². The van der Waals surface area contributed by atoms with Gasteiger partial charge in [-0.25, -0.2) is 4.79 Å². The molecule has 0 atom stereocenters. The molecular weight excluding hydrogens is 208 g/mol. The summed E-state index contributed by atoms with van der Waals surface area (Å²) >= 11 is 0. The Morgan fingerprint density at radius 1 is 1.44 bits per heavy atom. The first-order chi connectivity index (χ1) is 7.45. The van der Waals surface area contributed by atoms with E-state index in [4.69, 9.17) is 0 Å². The van der Waals surface area contributed by atoms with Crippen molar-refractivity contribution in [1.29, 1.82) is 0 Å². The molecule has 1 heterocycles. The van der Waals surface area contributed by atoms with Crippen LogP contribution in [0.25, 0.3) is 0 Å². The lowest BCUT2D eigenvalue weighted by Crippen LogP contribution is -2.34. The van der Waals surface area contributed by atoms with Crippen LogP contribution in [0, 0.1) is 5.92 Å². The number of carbonyl (C=O) groups is 1. The van der Waals surface area contributed by atoms with Crippen LogP contribution in [0.5, 0.6) is 0 Å². The summed E-state index contributed by atoms with van der Waals surface area (Å²) in [4.78, 5) is 36.4. The van der Waals surface area contributed by atoms with Crippen LogP contribution in [-0.4, -0.2) is 15.3 Å². The van der Waals surface area contributed by atoms with Gasteiger partial charge in [-0.1, -0.05) is 20.8 Å². The lowest BCUT2D eigenvalue weighted by molar-refractivity contribution is -0.122. The first-order valence-electron chi connectivity index (χ1n) is 5.31. The second kappa shape index (κ2) is 4.92. The average molecular weight is 224 g/mol. The Bertz CT molecular complexity index is 497. The van der Waals surface area contributed by atoms with Crippen LogP contribution >= 0.6 is 0 Å². The molecular formula is C11H16N2O3. The Morgan fingerprint density at radius 3 is 2.56 bits per heavy atom. The summed E-state index contributed by atoms with van der Waals surface area (Å²) in [5, 5.41) is 0. The fraction of sp³-hybridized carbons (Fsp3) is 0.545. The molecule has 0 fully saturated rings. The number of hydrogen-bond donors (Lipinski definition) is 1. The molecule has 0 radical (unpaired) electrons. The topological polar surface area (TPSA) is 71.9 Å². The summed E-state index contributed by atoms with van der Waals surface area (Å²) < 4.78 is 1.25. The Morgan fingerprint density at radius 2 is 2.06 bits per heavy atom. The summed E-state index contributed by atoms with van der Waals surface area (Å²) in [6.07, 6.45) is 1.99. The molecule has 5 nitrogen and oxygen atoms in total. The lowest BCUT2D eigenvalue weighted by atomic mass is 10.1. The highest BCUT2D eigenvalue weighted by atomic mass is 16.2. The first-order valence-corrected chi connectivity index (χ1v) is 5.31. The van der Waals surface area contributed by atoms with Crippen molar-refractivity contribution in [2.75, 3.05) is 0 Å². The summed E-state index contributed by atoms with van der Waals surface area (Å²) in [7, 11) is 0. The van der Waals surface area contributed by atoms with Crippen molar-refractivity contribution < 1.29 is 4.79 Å². The molecule has 0 aliphatic rings. The van der Waals surface area contributed by atoms with Gasteiger partial charge in [0.15, 0.2) is 5.78 Å². The minimum atomic E-state index is -0.531. The van der Waals surface area contributed by atoms with Gasteiger partial charge in [0.2, 0.25) is 0 Å². The molecule has 0 amide bonds. The Kier molecular flexibility index (Phi) is 3.82. The summed E-state index contributed by atoms with van der Waals surface area (Å²) in [6.45, 7) is 5.39. The van der Waals surface area contributed by atoms with E-state index in [0.29, 0.717) is 12.0 Å². The molecule has 0 unspecified atom stereocenters. The highest BCUT2D eigenvalue weighted by Crippen LogP contribution is 1.97. The quantitative estimate of drug-likeness (QED) is 0.800. The van der Waals surface area contributed by atoms with E-state index in [-0.39, 0.29) is 23.8 Å². The Balaban J connectivity index is 3.10. The smallest absolute Gasteiger partial charge is 0.297 e. The standard InChI is InChI=1S/C11H16N2O3/c1-4-8-5-13(6-9(14)7(2)3)11(16)12-10(8)15/h5,7H,4,6H2,1-3H3,(H,12,15,16). The zero-order chi connectivity index (χ0) is 12.3. The number of aromatic amines is 1. The fourth-order valence-corrected chi connectivity index (χ4v) is 1.27. The highest BCUT2D eigenvalue weighted by Gasteiger charge is 2.10.